The molecule has 0 bridgehead atoms. The van der Waals surface area contributed by atoms with Crippen LogP contribution in [0.4, 0.5) is 0 Å². The number of carboxylic acids is 1. The molecular weight excluding hydrogens is 1590 g/mol. The summed E-state index contributed by atoms with van der Waals surface area (Å²) in [6.07, 6.45) is -3.96. The Hall–Kier alpha value is -10.7. The van der Waals surface area contributed by atoms with Gasteiger partial charge in [-0.15, -0.1) is 0 Å². The van der Waals surface area contributed by atoms with E-state index >= 15 is 4.79 Å². The van der Waals surface area contributed by atoms with E-state index in [1.165, 1.54) is 18.7 Å². The van der Waals surface area contributed by atoms with E-state index < -0.39 is 246 Å². The lowest BCUT2D eigenvalue weighted by molar-refractivity contribution is -0.157. The van der Waals surface area contributed by atoms with E-state index in [1.807, 2.05) is 0 Å². The van der Waals surface area contributed by atoms with Crippen LogP contribution in [0.3, 0.4) is 0 Å². The normalized spacial score (nSPS) is 15.9. The van der Waals surface area contributed by atoms with Gasteiger partial charge in [-0.1, -0.05) is 74.5 Å². The summed E-state index contributed by atoms with van der Waals surface area (Å²) >= 11 is 0. The maximum Gasteiger partial charge on any atom is 0.326 e. The number of nitrogens with zero attached hydrogens (tertiary/aromatic N) is 1. The van der Waals surface area contributed by atoms with Crippen LogP contribution in [0.15, 0.2) is 60.7 Å². The second-order valence-electron chi connectivity index (χ2n) is 36.8. The SMILES string of the molecule is CC(C)C[C@H](NC(=O)[C@@H]1CCCN1C(=O)[C@H](Cc1ccccc1)NC(=O)[C@H](C)NC(=O)[C@H](CCC(=O)OC(C)(C)C)NC(=O)[C@H](C)NC(=O)[C@H](COC(C)(C)C)NC(=O)[C@H](CCC(=O)OC(C)(C)C)NC(=O)[C@H](CC(=O)OC(C)(C)C)NC(=O)[C@@H](N)CCC(=O)OC(C)(C)C)C(=O)N[C@@H](CCC(=O)OC(C)(C)C)C(=O)N[C@@H](Cc1ccccc1)C(=O)O. The van der Waals surface area contributed by atoms with Gasteiger partial charge in [-0.25, -0.2) is 4.79 Å². The number of benzene rings is 2. The molecule has 0 saturated carbocycles. The number of amides is 11. The minimum atomic E-state index is -1.80. The average molecular weight is 1720 g/mol. The van der Waals surface area contributed by atoms with Gasteiger partial charge in [0.25, 0.3) is 0 Å². The number of carboxylic acid groups (broad SMARTS) is 1. The van der Waals surface area contributed by atoms with Gasteiger partial charge in [-0.3, -0.25) is 76.7 Å². The maximum atomic E-state index is 15.1. The van der Waals surface area contributed by atoms with Crippen LogP contribution in [0.2, 0.25) is 0 Å². The fourth-order valence-electron chi connectivity index (χ4n) is 12.1. The number of aliphatic carboxylic acids is 1. The minimum absolute atomic E-state index is 0.00165. The number of ether oxygens (including phenoxy) is 6. The zero-order valence-electron chi connectivity index (χ0n) is 75.0. The largest absolute Gasteiger partial charge is 0.480 e. The number of hydrogen-bond acceptors (Lipinski definition) is 24. The van der Waals surface area contributed by atoms with Gasteiger partial charge in [0, 0.05) is 45.1 Å². The molecule has 2 aromatic carbocycles. The Labute approximate surface area is 715 Å². The molecule has 11 amide bonds. The molecule has 2 aromatic rings. The van der Waals surface area contributed by atoms with Gasteiger partial charge in [0.2, 0.25) is 65.0 Å². The molecule has 1 fully saturated rings. The number of rotatable bonds is 44. The van der Waals surface area contributed by atoms with Gasteiger partial charge in [0.05, 0.1) is 24.7 Å². The fourth-order valence-corrected chi connectivity index (χ4v) is 12.1. The number of carbonyl (C=O) groups excluding carboxylic acids is 16. The number of esters is 5. The summed E-state index contributed by atoms with van der Waals surface area (Å²) in [4.78, 5) is 238. The van der Waals surface area contributed by atoms with Gasteiger partial charge < -0.3 is 97.3 Å². The molecule has 3 rings (SSSR count). The Kier molecular flexibility index (Phi) is 41.2. The zero-order valence-corrected chi connectivity index (χ0v) is 75.0. The van der Waals surface area contributed by atoms with Gasteiger partial charge in [0.1, 0.15) is 94.5 Å². The van der Waals surface area contributed by atoms with E-state index in [0.29, 0.717) is 11.1 Å². The van der Waals surface area contributed by atoms with Crippen molar-refractivity contribution < 1.29 is 115 Å². The van der Waals surface area contributed by atoms with Crippen LogP contribution in [0.1, 0.15) is 240 Å². The van der Waals surface area contributed by atoms with Crippen LogP contribution in [0.5, 0.6) is 0 Å². The highest BCUT2D eigenvalue weighted by Crippen LogP contribution is 2.23. The highest BCUT2D eigenvalue weighted by molar-refractivity contribution is 6.00. The molecule has 0 aromatic heterocycles. The lowest BCUT2D eigenvalue weighted by Gasteiger charge is -2.31. The predicted octanol–water partition coefficient (Wildman–Crippen LogP) is 3.84. The van der Waals surface area contributed by atoms with Crippen molar-refractivity contribution in [2.24, 2.45) is 11.7 Å². The Morgan fingerprint density at radius 1 is 0.385 bits per heavy atom. The molecule has 0 radical (unpaired) electrons. The Morgan fingerprint density at radius 2 is 0.713 bits per heavy atom. The quantitative estimate of drug-likeness (QED) is 0.0331. The molecule has 0 aliphatic carbocycles. The van der Waals surface area contributed by atoms with Gasteiger partial charge in [0.15, 0.2) is 0 Å². The van der Waals surface area contributed by atoms with Crippen molar-refractivity contribution in [3.63, 3.8) is 0 Å². The topological polar surface area (TPSA) is 515 Å². The summed E-state index contributed by atoms with van der Waals surface area (Å²) in [5, 5.41) is 35.7. The van der Waals surface area contributed by atoms with Crippen LogP contribution < -0.4 is 58.9 Å². The van der Waals surface area contributed by atoms with E-state index in [1.54, 1.807) is 199 Å². The summed E-state index contributed by atoms with van der Waals surface area (Å²) in [7, 11) is 0. The Balaban J connectivity index is 1.99. The molecule has 36 nitrogen and oxygen atoms in total. The summed E-state index contributed by atoms with van der Waals surface area (Å²) < 4.78 is 33.2. The first-order valence-electron chi connectivity index (χ1n) is 41.3. The van der Waals surface area contributed by atoms with Crippen molar-refractivity contribution in [2.75, 3.05) is 13.2 Å². The first kappa shape index (κ1) is 106. The fraction of sp³-hybridized carbons (Fsp3) is 0.663. The lowest BCUT2D eigenvalue weighted by Crippen LogP contribution is -2.61. The molecule has 1 saturated heterocycles. The molecule has 1 heterocycles. The Morgan fingerprint density at radius 3 is 1.11 bits per heavy atom. The predicted molar refractivity (Wildman–Crippen MR) is 447 cm³/mol. The molecule has 122 heavy (non-hydrogen) atoms. The summed E-state index contributed by atoms with van der Waals surface area (Å²) in [5.74, 6) is -16.3. The molecular formula is C86H134N12O24. The molecule has 12 atom stereocenters. The number of nitrogens with one attached hydrogen (secondary N) is 10. The van der Waals surface area contributed by atoms with Crippen LogP contribution in [-0.2, 0) is 123 Å². The molecule has 13 N–H and O–H groups in total. The molecule has 0 unspecified atom stereocenters. The maximum absolute atomic E-state index is 15.1. The van der Waals surface area contributed by atoms with Gasteiger partial charge >= 0.3 is 35.8 Å². The first-order chi connectivity index (χ1) is 56.2. The van der Waals surface area contributed by atoms with Crippen molar-refractivity contribution in [1.82, 2.24) is 58.1 Å². The third-order valence-corrected chi connectivity index (χ3v) is 17.7. The summed E-state index contributed by atoms with van der Waals surface area (Å²) in [6, 6.07) is -1.49. The van der Waals surface area contributed by atoms with E-state index in [-0.39, 0.29) is 70.3 Å². The van der Waals surface area contributed by atoms with E-state index in [2.05, 4.69) is 53.2 Å². The number of carbonyl (C=O) groups is 17. The molecule has 0 spiro atoms. The summed E-state index contributed by atoms with van der Waals surface area (Å²) in [5.41, 5.74) is 1.46. The number of nitrogens with two attached hydrogens (primary N) is 1. The highest BCUT2D eigenvalue weighted by atomic mass is 16.6. The van der Waals surface area contributed by atoms with E-state index in [4.69, 9.17) is 34.2 Å². The smallest absolute Gasteiger partial charge is 0.326 e. The average Bonchev–Trinajstić information content (AvgIpc) is 1.65. The second kappa shape index (κ2) is 47.7. The first-order valence-corrected chi connectivity index (χ1v) is 41.3. The van der Waals surface area contributed by atoms with Crippen LogP contribution in [0, 0.1) is 5.92 Å². The number of hydrogen-bond donors (Lipinski definition) is 12. The van der Waals surface area contributed by atoms with Crippen LogP contribution in [0.25, 0.3) is 0 Å². The zero-order chi connectivity index (χ0) is 92.8. The van der Waals surface area contributed by atoms with Gasteiger partial charge in [-0.05, 0) is 200 Å². The molecule has 1 aliphatic heterocycles. The van der Waals surface area contributed by atoms with Gasteiger partial charge in [-0.2, -0.15) is 0 Å². The summed E-state index contributed by atoms with van der Waals surface area (Å²) in [6.45, 7) is 34.4. The van der Waals surface area contributed by atoms with E-state index in [0.717, 1.165) is 0 Å². The molecule has 682 valence electrons. The van der Waals surface area contributed by atoms with Crippen LogP contribution in [-0.4, -0.2) is 230 Å². The lowest BCUT2D eigenvalue weighted by atomic mass is 10.0. The third-order valence-electron chi connectivity index (χ3n) is 17.7. The highest BCUT2D eigenvalue weighted by Gasteiger charge is 2.42. The monoisotopic (exact) mass is 1720 g/mol. The third kappa shape index (κ3) is 42.2. The van der Waals surface area contributed by atoms with Crippen molar-refractivity contribution in [1.29, 1.82) is 0 Å². The standard InChI is InChI=1S/C86H134N12O24/c1-49(2)44-58(75(110)91-56(37-41-66(101)120-84(14,15)16)73(108)96-61(80(115)116)46-53-32-27-24-28-33-53)94-78(113)63-34-29-43-98(63)79(114)60(45-52-30-25-23-26-31-52)95-70(105)51(4)88-72(107)55(36-40-65(100)119-83(11,12)13)90-69(104)50(3)89-77(112)62(48-117-81(5,6)7)97-74(109)57(38-42-67(102)121-85(17,18)19)92-76(111)59(47-68(103)122-86(20,21)22)93-71(106)54(87)35-39-64(99)118-82(8,9)10/h23-28,30-33,49-51,54-63H,29,34-48,87H2,1-22H3,(H,88,107)(H,89,112)(H,90,104)(H,91,110)(H,92,111)(H,93,106)(H,94,113)(H,95,105)(H,96,108)(H,97,109)(H,115,116)/t50-,51-,54-,55-,56-,57-,58-,59-,60-,61-,62-,63-/m0/s1. The van der Waals surface area contributed by atoms with Crippen molar-refractivity contribution >= 4 is 101 Å². The molecule has 36 heteroatoms. The second-order valence-corrected chi connectivity index (χ2v) is 36.8. The minimum Gasteiger partial charge on any atom is -0.480 e. The van der Waals surface area contributed by atoms with Crippen molar-refractivity contribution in [3.05, 3.63) is 71.8 Å². The van der Waals surface area contributed by atoms with Crippen LogP contribution >= 0.6 is 0 Å². The Bertz CT molecular complexity index is 3930. The van der Waals surface area contributed by atoms with Crippen molar-refractivity contribution in [3.8, 4) is 0 Å². The number of likely N-dealkylation sites (tertiary alicyclic amines) is 1. The van der Waals surface area contributed by atoms with Crippen molar-refractivity contribution in [2.45, 2.75) is 348 Å². The van der Waals surface area contributed by atoms with E-state index in [9.17, 15) is 81.8 Å². The molecule has 1 aliphatic rings.